The molecule has 2 rings (SSSR count). The van der Waals surface area contributed by atoms with Gasteiger partial charge in [-0.3, -0.25) is 0 Å². The van der Waals surface area contributed by atoms with Gasteiger partial charge in [0.15, 0.2) is 5.76 Å². The molecule has 0 aliphatic heterocycles. The Labute approximate surface area is 123 Å². The number of benzene rings is 1. The second kappa shape index (κ2) is 5.75. The van der Waals surface area contributed by atoms with E-state index in [1.807, 2.05) is 6.92 Å². The minimum Gasteiger partial charge on any atom is -0.477 e. The third-order valence-electron chi connectivity index (χ3n) is 2.65. The lowest BCUT2D eigenvalue weighted by Gasteiger charge is -2.01. The molecule has 0 atom stereocenters. The average molecular weight is 345 g/mol. The van der Waals surface area contributed by atoms with E-state index < -0.39 is 5.97 Å². The van der Waals surface area contributed by atoms with Gasteiger partial charge in [0.1, 0.15) is 11.3 Å². The number of aromatic nitrogens is 1. The van der Waals surface area contributed by atoms with Crippen molar-refractivity contribution in [1.29, 1.82) is 0 Å². The van der Waals surface area contributed by atoms with Crippen LogP contribution in [0.1, 0.15) is 29.5 Å². The van der Waals surface area contributed by atoms with Crippen molar-refractivity contribution >= 4 is 33.5 Å². The number of nitrogens with zero attached hydrogens (tertiary/aromatic N) is 1. The topological polar surface area (TPSA) is 63.3 Å². The van der Waals surface area contributed by atoms with E-state index in [-0.39, 0.29) is 5.56 Å². The zero-order chi connectivity index (χ0) is 14.0. The van der Waals surface area contributed by atoms with Gasteiger partial charge in [-0.05, 0) is 34.5 Å². The Bertz CT molecular complexity index is 624. The quantitative estimate of drug-likeness (QED) is 0.892. The summed E-state index contributed by atoms with van der Waals surface area (Å²) in [6.07, 6.45) is 1.34. The molecule has 2 aromatic rings. The summed E-state index contributed by atoms with van der Waals surface area (Å²) in [5.41, 5.74) is 1.10. The van der Waals surface area contributed by atoms with Crippen molar-refractivity contribution in [2.24, 2.45) is 0 Å². The molecule has 0 amide bonds. The van der Waals surface area contributed by atoms with Gasteiger partial charge in [-0.15, -0.1) is 0 Å². The molecule has 0 saturated carbocycles. The highest BCUT2D eigenvalue weighted by atomic mass is 79.9. The summed E-state index contributed by atoms with van der Waals surface area (Å²) in [5.74, 6) is -0.637. The monoisotopic (exact) mass is 343 g/mol. The lowest BCUT2D eigenvalue weighted by Crippen LogP contribution is -2.01. The number of aromatic carboxylic acids is 1. The smallest absolute Gasteiger partial charge is 0.341 e. The van der Waals surface area contributed by atoms with Gasteiger partial charge >= 0.3 is 5.97 Å². The average Bonchev–Trinajstić information content (AvgIpc) is 2.77. The fraction of sp³-hybridized carbons (Fsp3) is 0.231. The fourth-order valence-electron chi connectivity index (χ4n) is 1.78. The van der Waals surface area contributed by atoms with Crippen molar-refractivity contribution in [2.75, 3.05) is 0 Å². The van der Waals surface area contributed by atoms with Crippen molar-refractivity contribution in [2.45, 2.75) is 19.8 Å². The molecule has 0 saturated heterocycles. The van der Waals surface area contributed by atoms with Crippen LogP contribution in [0.15, 0.2) is 27.2 Å². The van der Waals surface area contributed by atoms with E-state index in [4.69, 9.17) is 16.1 Å². The molecule has 4 nitrogen and oxygen atoms in total. The molecule has 19 heavy (non-hydrogen) atoms. The van der Waals surface area contributed by atoms with E-state index in [1.165, 1.54) is 0 Å². The number of halogens is 2. The number of aryl methyl sites for hydroxylation is 1. The lowest BCUT2D eigenvalue weighted by atomic mass is 10.0. The van der Waals surface area contributed by atoms with Crippen LogP contribution in [0.2, 0.25) is 5.02 Å². The number of rotatable bonds is 4. The Hall–Kier alpha value is -1.33. The molecule has 0 bridgehead atoms. The van der Waals surface area contributed by atoms with Crippen molar-refractivity contribution < 1.29 is 14.4 Å². The molecule has 0 fully saturated rings. The normalized spacial score (nSPS) is 10.7. The third kappa shape index (κ3) is 2.82. The molecule has 0 unspecified atom stereocenters. The van der Waals surface area contributed by atoms with Crippen LogP contribution >= 0.6 is 27.5 Å². The van der Waals surface area contributed by atoms with E-state index in [2.05, 4.69) is 21.1 Å². The van der Waals surface area contributed by atoms with Gasteiger partial charge in [0.2, 0.25) is 0 Å². The van der Waals surface area contributed by atoms with Crippen molar-refractivity contribution in [1.82, 2.24) is 5.16 Å². The van der Waals surface area contributed by atoms with E-state index >= 15 is 0 Å². The molecule has 0 aliphatic carbocycles. The maximum absolute atomic E-state index is 11.4. The molecule has 0 spiro atoms. The van der Waals surface area contributed by atoms with E-state index in [0.717, 1.165) is 6.42 Å². The van der Waals surface area contributed by atoms with E-state index in [9.17, 15) is 9.90 Å². The minimum atomic E-state index is -1.04. The van der Waals surface area contributed by atoms with Crippen molar-refractivity contribution in [3.8, 4) is 11.3 Å². The van der Waals surface area contributed by atoms with Crippen LogP contribution < -0.4 is 0 Å². The van der Waals surface area contributed by atoms with Crippen LogP contribution in [0.4, 0.5) is 0 Å². The molecule has 100 valence electrons. The lowest BCUT2D eigenvalue weighted by molar-refractivity contribution is 0.0695. The number of carboxylic acids is 1. The summed E-state index contributed by atoms with van der Waals surface area (Å²) in [6, 6.07) is 5.12. The van der Waals surface area contributed by atoms with Gasteiger partial charge in [0, 0.05) is 16.5 Å². The molecular weight excluding hydrogens is 334 g/mol. The van der Waals surface area contributed by atoms with Crippen molar-refractivity contribution in [3.05, 3.63) is 39.0 Å². The van der Waals surface area contributed by atoms with Crippen LogP contribution in [-0.4, -0.2) is 16.2 Å². The highest BCUT2D eigenvalue weighted by molar-refractivity contribution is 9.10. The summed E-state index contributed by atoms with van der Waals surface area (Å²) < 4.78 is 5.83. The molecule has 1 heterocycles. The Balaban J connectivity index is 2.55. The second-order valence-electron chi connectivity index (χ2n) is 4.01. The Morgan fingerprint density at radius 1 is 1.53 bits per heavy atom. The predicted octanol–water partition coefficient (Wildman–Crippen LogP) is 4.41. The van der Waals surface area contributed by atoms with Crippen LogP contribution in [-0.2, 0) is 6.42 Å². The van der Waals surface area contributed by atoms with E-state index in [1.54, 1.807) is 18.2 Å². The minimum absolute atomic E-state index is 0.121. The molecule has 1 aromatic heterocycles. The highest BCUT2D eigenvalue weighted by Crippen LogP contribution is 2.31. The first-order valence-corrected chi connectivity index (χ1v) is 6.89. The number of carbonyl (C=O) groups is 1. The van der Waals surface area contributed by atoms with Gasteiger partial charge in [-0.1, -0.05) is 29.7 Å². The number of hydrogen-bond donors (Lipinski definition) is 1. The zero-order valence-corrected chi connectivity index (χ0v) is 12.5. The summed E-state index contributed by atoms with van der Waals surface area (Å²) in [4.78, 5) is 11.4. The first-order valence-electron chi connectivity index (χ1n) is 5.71. The van der Waals surface area contributed by atoms with Crippen LogP contribution in [0.5, 0.6) is 0 Å². The Morgan fingerprint density at radius 2 is 2.26 bits per heavy atom. The molecule has 6 heteroatoms. The third-order valence-corrected chi connectivity index (χ3v) is 3.86. The van der Waals surface area contributed by atoms with Gasteiger partial charge < -0.3 is 9.63 Å². The predicted molar refractivity (Wildman–Crippen MR) is 75.6 cm³/mol. The van der Waals surface area contributed by atoms with Gasteiger partial charge in [-0.2, -0.15) is 0 Å². The zero-order valence-electron chi connectivity index (χ0n) is 10.1. The summed E-state index contributed by atoms with van der Waals surface area (Å²) in [6.45, 7) is 1.95. The first kappa shape index (κ1) is 14.1. The largest absolute Gasteiger partial charge is 0.477 e. The molecule has 0 radical (unpaired) electrons. The SMILES string of the molecule is CCCc1onc(-c2ccc(Cl)c(Br)c2)c1C(=O)O. The van der Waals surface area contributed by atoms with Gasteiger partial charge in [-0.25, -0.2) is 4.79 Å². The van der Waals surface area contributed by atoms with Crippen LogP contribution in [0, 0.1) is 0 Å². The van der Waals surface area contributed by atoms with Gasteiger partial charge in [0.05, 0.1) is 5.02 Å². The second-order valence-corrected chi connectivity index (χ2v) is 5.27. The Kier molecular flexibility index (Phi) is 4.27. The molecular formula is C13H11BrClNO3. The van der Waals surface area contributed by atoms with Crippen LogP contribution in [0.3, 0.4) is 0 Å². The maximum atomic E-state index is 11.4. The Morgan fingerprint density at radius 3 is 2.84 bits per heavy atom. The molecule has 0 aliphatic rings. The number of carboxylic acid groups (broad SMARTS) is 1. The summed E-state index contributed by atoms with van der Waals surface area (Å²) in [7, 11) is 0. The summed E-state index contributed by atoms with van der Waals surface area (Å²) in [5, 5.41) is 13.7. The molecule has 1 aromatic carbocycles. The van der Waals surface area contributed by atoms with Gasteiger partial charge in [0.25, 0.3) is 0 Å². The summed E-state index contributed by atoms with van der Waals surface area (Å²) >= 11 is 9.22. The maximum Gasteiger partial charge on any atom is 0.341 e. The molecule has 1 N–H and O–H groups in total. The number of hydrogen-bond acceptors (Lipinski definition) is 3. The van der Waals surface area contributed by atoms with E-state index in [0.29, 0.717) is 32.9 Å². The highest BCUT2D eigenvalue weighted by Gasteiger charge is 2.23. The van der Waals surface area contributed by atoms with Crippen molar-refractivity contribution in [3.63, 3.8) is 0 Å². The standard InChI is InChI=1S/C13H11BrClNO3/c1-2-3-10-11(13(17)18)12(16-19-10)7-4-5-9(15)8(14)6-7/h4-6H,2-3H2,1H3,(H,17,18). The fourth-order valence-corrected chi connectivity index (χ4v) is 2.28. The van der Waals surface area contributed by atoms with Crippen LogP contribution in [0.25, 0.3) is 11.3 Å². The first-order chi connectivity index (χ1) is 9.04.